The highest BCUT2D eigenvalue weighted by atomic mass is 32.2. The van der Waals surface area contributed by atoms with Gasteiger partial charge in [0, 0.05) is 13.1 Å². The molecule has 0 aromatic carbocycles. The van der Waals surface area contributed by atoms with Crippen LogP contribution in [0.5, 0.6) is 0 Å². The Morgan fingerprint density at radius 3 is 1.33 bits per heavy atom. The average molecular weight is 549 g/mol. The Bertz CT molecular complexity index is 836. The average Bonchev–Trinajstić information content (AvgIpc) is 2.59. The fourth-order valence-corrected chi connectivity index (χ4v) is 2.38. The van der Waals surface area contributed by atoms with Crippen LogP contribution in [0.3, 0.4) is 0 Å². The molecule has 198 valence electrons. The first-order valence-corrected chi connectivity index (χ1v) is 9.27. The van der Waals surface area contributed by atoms with Crippen LogP contribution in [0.15, 0.2) is 0 Å². The summed E-state index contributed by atoms with van der Waals surface area (Å²) in [7, 11) is -5.13. The number of rotatable bonds is 10. The Balaban J connectivity index is 6.55. The molecular formula is C12H10F15NO4S. The molecule has 0 rings (SSSR count). The quantitative estimate of drug-likeness (QED) is 0.329. The maximum atomic E-state index is 13.8. The molecule has 0 unspecified atom stereocenters. The molecule has 0 saturated heterocycles. The third-order valence-corrected chi connectivity index (χ3v) is 4.58. The largest absolute Gasteiger partial charge is 0.460 e. The van der Waals surface area contributed by atoms with Crippen molar-refractivity contribution in [3.05, 3.63) is 0 Å². The van der Waals surface area contributed by atoms with Crippen molar-refractivity contribution in [2.75, 3.05) is 18.8 Å². The molecule has 0 spiro atoms. The van der Waals surface area contributed by atoms with Gasteiger partial charge in [0.1, 0.15) is 0 Å². The van der Waals surface area contributed by atoms with Gasteiger partial charge in [0.15, 0.2) is 0 Å². The van der Waals surface area contributed by atoms with Gasteiger partial charge in [-0.3, -0.25) is 9.35 Å². The van der Waals surface area contributed by atoms with Gasteiger partial charge in [0.05, 0.1) is 5.75 Å². The van der Waals surface area contributed by atoms with Gasteiger partial charge in [0.2, 0.25) is 0 Å². The van der Waals surface area contributed by atoms with Gasteiger partial charge in [0.25, 0.3) is 16.0 Å². The van der Waals surface area contributed by atoms with E-state index < -0.39 is 81.5 Å². The molecular weight excluding hydrogens is 539 g/mol. The van der Waals surface area contributed by atoms with Gasteiger partial charge in [-0.1, -0.05) is 0 Å². The molecule has 1 N–H and O–H groups in total. The molecule has 5 nitrogen and oxygen atoms in total. The second-order valence-corrected chi connectivity index (χ2v) is 7.69. The summed E-state index contributed by atoms with van der Waals surface area (Å²) >= 11 is 0. The van der Waals surface area contributed by atoms with Crippen LogP contribution in [0.25, 0.3) is 0 Å². The molecule has 0 atom stereocenters. The first kappa shape index (κ1) is 31.3. The van der Waals surface area contributed by atoms with Crippen molar-refractivity contribution >= 4 is 16.0 Å². The highest BCUT2D eigenvalue weighted by Crippen LogP contribution is 2.62. The Morgan fingerprint density at radius 2 is 1.03 bits per heavy atom. The molecule has 1 amide bonds. The van der Waals surface area contributed by atoms with Gasteiger partial charge in [-0.05, 0) is 6.92 Å². The van der Waals surface area contributed by atoms with E-state index in [2.05, 4.69) is 0 Å². The second kappa shape index (κ2) is 8.52. The smallest absolute Gasteiger partial charge is 0.336 e. The summed E-state index contributed by atoms with van der Waals surface area (Å²) in [4.78, 5) is 10.7. The van der Waals surface area contributed by atoms with Gasteiger partial charge < -0.3 is 4.90 Å². The molecule has 0 heterocycles. The number of hydrogen-bond donors (Lipinski definition) is 1. The highest BCUT2D eigenvalue weighted by Gasteiger charge is 2.94. The summed E-state index contributed by atoms with van der Waals surface area (Å²) in [6.07, 6.45) is -7.75. The zero-order chi connectivity index (χ0) is 27.3. The molecule has 0 aliphatic rings. The SMILES string of the molecule is CCN(CCS(=O)(=O)O)C(=O)C(F)(F)C(F)(F)C(F)(F)C(F)(F)C(F)(F)C(F)(F)C(F)(F)F. The number of halogens is 15. The van der Waals surface area contributed by atoms with Crippen molar-refractivity contribution in [1.82, 2.24) is 4.90 Å². The lowest BCUT2D eigenvalue weighted by Gasteiger charge is -2.41. The van der Waals surface area contributed by atoms with Crippen molar-refractivity contribution in [2.45, 2.75) is 48.6 Å². The van der Waals surface area contributed by atoms with E-state index in [-0.39, 0.29) is 0 Å². The van der Waals surface area contributed by atoms with E-state index in [0.717, 1.165) is 0 Å². The third-order valence-electron chi connectivity index (χ3n) is 3.88. The summed E-state index contributed by atoms with van der Waals surface area (Å²) in [5.41, 5.74) is 0. The number of carbonyl (C=O) groups excluding carboxylic acids is 1. The minimum absolute atomic E-state index is 0.584. The maximum Gasteiger partial charge on any atom is 0.460 e. The lowest BCUT2D eigenvalue weighted by Crippen LogP contribution is -2.74. The molecule has 0 bridgehead atoms. The number of amides is 1. The molecule has 0 aromatic rings. The molecule has 0 aromatic heterocycles. The highest BCUT2D eigenvalue weighted by molar-refractivity contribution is 7.85. The normalized spacial score (nSPS) is 15.5. The molecule has 0 aliphatic carbocycles. The van der Waals surface area contributed by atoms with Crippen LogP contribution in [-0.2, 0) is 14.9 Å². The Morgan fingerprint density at radius 1 is 0.697 bits per heavy atom. The van der Waals surface area contributed by atoms with Gasteiger partial charge in [-0.2, -0.15) is 74.3 Å². The van der Waals surface area contributed by atoms with Crippen molar-refractivity contribution in [3.8, 4) is 0 Å². The minimum atomic E-state index is -8.54. The van der Waals surface area contributed by atoms with E-state index in [1.54, 1.807) is 0 Å². The fourth-order valence-electron chi connectivity index (χ4n) is 1.93. The summed E-state index contributed by atoms with van der Waals surface area (Å²) < 4.78 is 226. The zero-order valence-corrected chi connectivity index (χ0v) is 16.1. The van der Waals surface area contributed by atoms with Crippen LogP contribution in [0.1, 0.15) is 6.92 Å². The Kier molecular flexibility index (Phi) is 8.09. The summed E-state index contributed by atoms with van der Waals surface area (Å²) in [6.45, 7) is -2.37. The lowest BCUT2D eigenvalue weighted by molar-refractivity contribution is -0.449. The standard InChI is InChI=1S/C12H10F15NO4S/c1-2-28(3-4-33(30,31)32)5(29)6(13,14)7(15,16)8(17,18)9(19,20)10(21,22)11(23,24)12(25,26)27/h2-4H2,1H3,(H,30,31,32). The molecule has 0 radical (unpaired) electrons. The Labute approximate surface area is 173 Å². The molecule has 33 heavy (non-hydrogen) atoms. The van der Waals surface area contributed by atoms with Gasteiger partial charge in [-0.15, -0.1) is 0 Å². The van der Waals surface area contributed by atoms with Crippen LogP contribution in [0.2, 0.25) is 0 Å². The summed E-state index contributed by atoms with van der Waals surface area (Å²) in [5, 5.41) is 0. The van der Waals surface area contributed by atoms with Crippen molar-refractivity contribution in [2.24, 2.45) is 0 Å². The number of alkyl halides is 15. The monoisotopic (exact) mass is 549 g/mol. The topological polar surface area (TPSA) is 74.7 Å². The predicted molar refractivity (Wildman–Crippen MR) is 74.4 cm³/mol. The predicted octanol–water partition coefficient (Wildman–Crippen LogP) is 4.10. The van der Waals surface area contributed by atoms with E-state index in [4.69, 9.17) is 4.55 Å². The van der Waals surface area contributed by atoms with Crippen molar-refractivity contribution < 1.29 is 83.6 Å². The number of carbonyl (C=O) groups is 1. The summed E-state index contributed by atoms with van der Waals surface area (Å²) in [6, 6.07) is 0. The van der Waals surface area contributed by atoms with Crippen LogP contribution in [0.4, 0.5) is 65.9 Å². The second-order valence-electron chi connectivity index (χ2n) is 6.11. The van der Waals surface area contributed by atoms with Crippen molar-refractivity contribution in [1.29, 1.82) is 0 Å². The van der Waals surface area contributed by atoms with E-state index in [1.165, 1.54) is 0 Å². The first-order valence-electron chi connectivity index (χ1n) is 7.66. The van der Waals surface area contributed by atoms with E-state index in [0.29, 0.717) is 6.92 Å². The summed E-state index contributed by atoms with van der Waals surface area (Å²) in [5.74, 6) is -54.2. The number of hydrogen-bond acceptors (Lipinski definition) is 3. The molecule has 0 aliphatic heterocycles. The van der Waals surface area contributed by atoms with E-state index in [1.807, 2.05) is 0 Å². The van der Waals surface area contributed by atoms with E-state index in [9.17, 15) is 79.1 Å². The lowest BCUT2D eigenvalue weighted by atomic mass is 9.90. The third kappa shape index (κ3) is 4.92. The van der Waals surface area contributed by atoms with Gasteiger partial charge >= 0.3 is 41.7 Å². The van der Waals surface area contributed by atoms with Gasteiger partial charge in [-0.25, -0.2) is 0 Å². The fraction of sp³-hybridized carbons (Fsp3) is 0.917. The maximum absolute atomic E-state index is 13.8. The van der Waals surface area contributed by atoms with Crippen LogP contribution in [0, 0.1) is 0 Å². The minimum Gasteiger partial charge on any atom is -0.336 e. The molecule has 21 heteroatoms. The number of nitrogens with zero attached hydrogens (tertiary/aromatic N) is 1. The Hall–Kier alpha value is -1.67. The van der Waals surface area contributed by atoms with Crippen LogP contribution in [-0.4, -0.2) is 84.3 Å². The first-order chi connectivity index (χ1) is 14.1. The van der Waals surface area contributed by atoms with E-state index >= 15 is 0 Å². The van der Waals surface area contributed by atoms with Crippen molar-refractivity contribution in [3.63, 3.8) is 0 Å². The molecule has 0 fully saturated rings. The van der Waals surface area contributed by atoms with Crippen LogP contribution >= 0.6 is 0 Å². The molecule has 0 saturated carbocycles. The zero-order valence-electron chi connectivity index (χ0n) is 15.3. The van der Waals surface area contributed by atoms with Crippen LogP contribution < -0.4 is 0 Å².